The summed E-state index contributed by atoms with van der Waals surface area (Å²) in [6.07, 6.45) is 2.84. The van der Waals surface area contributed by atoms with Crippen molar-refractivity contribution >= 4 is 11.3 Å². The Morgan fingerprint density at radius 2 is 1.34 bits per heavy atom. The third-order valence-corrected chi connectivity index (χ3v) is 5.85. The fourth-order valence-electron chi connectivity index (χ4n) is 2.90. The van der Waals surface area contributed by atoms with Crippen molar-refractivity contribution in [3.63, 3.8) is 0 Å². The van der Waals surface area contributed by atoms with E-state index in [4.69, 9.17) is 4.74 Å². The molecule has 0 spiro atoms. The van der Waals surface area contributed by atoms with E-state index in [9.17, 15) is 30.7 Å². The first-order valence-corrected chi connectivity index (χ1v) is 11.2. The van der Waals surface area contributed by atoms with Crippen LogP contribution in [-0.2, 0) is 5.92 Å². The van der Waals surface area contributed by atoms with Crippen molar-refractivity contribution in [2.75, 3.05) is 6.61 Å². The van der Waals surface area contributed by atoms with Gasteiger partial charge in [-0.1, -0.05) is 63.2 Å². The van der Waals surface area contributed by atoms with E-state index >= 15 is 0 Å². The van der Waals surface area contributed by atoms with Gasteiger partial charge in [0, 0.05) is 5.56 Å². The number of alkyl halides is 7. The van der Waals surface area contributed by atoms with Gasteiger partial charge in [-0.2, -0.15) is 30.7 Å². The number of benzene rings is 1. The van der Waals surface area contributed by atoms with Gasteiger partial charge < -0.3 is 4.74 Å². The summed E-state index contributed by atoms with van der Waals surface area (Å²) < 4.78 is 96.4. The van der Waals surface area contributed by atoms with Crippen LogP contribution in [0.1, 0.15) is 63.3 Å². The van der Waals surface area contributed by atoms with Gasteiger partial charge in [-0.05, 0) is 30.7 Å². The lowest BCUT2D eigenvalue weighted by Crippen LogP contribution is -2.50. The Kier molecular flexibility index (Phi) is 9.29. The van der Waals surface area contributed by atoms with Crippen molar-refractivity contribution in [1.82, 2.24) is 10.2 Å². The fourth-order valence-corrected chi connectivity index (χ4v) is 3.76. The van der Waals surface area contributed by atoms with Crippen molar-refractivity contribution in [3.8, 4) is 16.3 Å². The molecule has 0 aliphatic heterocycles. The highest BCUT2D eigenvalue weighted by atomic mass is 32.1. The Balaban J connectivity index is 1.87. The third kappa shape index (κ3) is 6.55. The maximum atomic E-state index is 13.7. The molecule has 1 heterocycles. The minimum absolute atomic E-state index is 0.0175. The lowest BCUT2D eigenvalue weighted by molar-refractivity contribution is -0.359. The van der Waals surface area contributed by atoms with Gasteiger partial charge >= 0.3 is 18.0 Å². The summed E-state index contributed by atoms with van der Waals surface area (Å²) in [7, 11) is 0. The summed E-state index contributed by atoms with van der Waals surface area (Å²) in [6, 6.07) is 5.99. The zero-order chi connectivity index (χ0) is 23.8. The smallest absolute Gasteiger partial charge is 0.460 e. The SMILES string of the molecule is CCCCCCCCCCOc1ccc(-c2nnc(C(F)(F)C(F)(F)C(F)(F)F)s2)cc1. The molecule has 0 amide bonds. The second kappa shape index (κ2) is 11.3. The number of rotatable bonds is 13. The van der Waals surface area contributed by atoms with Crippen LogP contribution in [0.4, 0.5) is 30.7 Å². The first-order valence-electron chi connectivity index (χ1n) is 10.4. The van der Waals surface area contributed by atoms with E-state index in [1.165, 1.54) is 44.2 Å². The molecule has 0 aliphatic rings. The molecule has 2 aromatic rings. The van der Waals surface area contributed by atoms with Gasteiger partial charge in [0.15, 0.2) is 5.01 Å². The first kappa shape index (κ1) is 26.3. The Bertz CT molecular complexity index is 822. The highest BCUT2D eigenvalue weighted by Crippen LogP contribution is 2.52. The van der Waals surface area contributed by atoms with Gasteiger partial charge in [0.2, 0.25) is 0 Å². The van der Waals surface area contributed by atoms with Crippen molar-refractivity contribution in [1.29, 1.82) is 0 Å². The Morgan fingerprint density at radius 3 is 1.91 bits per heavy atom. The second-order valence-electron chi connectivity index (χ2n) is 7.41. The second-order valence-corrected chi connectivity index (χ2v) is 8.38. The van der Waals surface area contributed by atoms with E-state index in [0.29, 0.717) is 12.4 Å². The van der Waals surface area contributed by atoms with Gasteiger partial charge in [-0.25, -0.2) is 0 Å². The van der Waals surface area contributed by atoms with Crippen LogP contribution >= 0.6 is 11.3 Å². The van der Waals surface area contributed by atoms with Crippen molar-refractivity contribution in [2.45, 2.75) is 76.3 Å². The summed E-state index contributed by atoms with van der Waals surface area (Å²) in [5.41, 5.74) is 0.249. The number of hydrogen-bond donors (Lipinski definition) is 0. The summed E-state index contributed by atoms with van der Waals surface area (Å²) in [4.78, 5) is 0. The molecule has 0 fully saturated rings. The molecule has 0 N–H and O–H groups in total. The average molecular weight is 486 g/mol. The Morgan fingerprint density at radius 1 is 0.781 bits per heavy atom. The highest BCUT2D eigenvalue weighted by Gasteiger charge is 2.75. The quantitative estimate of drug-likeness (QED) is 0.212. The van der Waals surface area contributed by atoms with Crippen LogP contribution in [0.25, 0.3) is 10.6 Å². The first-order chi connectivity index (χ1) is 15.0. The molecular formula is C21H25F7N2OS. The van der Waals surface area contributed by atoms with Crippen LogP contribution in [-0.4, -0.2) is 28.9 Å². The molecule has 0 aliphatic carbocycles. The highest BCUT2D eigenvalue weighted by molar-refractivity contribution is 7.14. The summed E-state index contributed by atoms with van der Waals surface area (Å²) in [6.45, 7) is 2.68. The van der Waals surface area contributed by atoms with E-state index < -0.39 is 23.0 Å². The molecule has 0 bridgehead atoms. The van der Waals surface area contributed by atoms with E-state index in [0.717, 1.165) is 19.3 Å². The molecule has 11 heteroatoms. The van der Waals surface area contributed by atoms with Gasteiger partial charge in [-0.3, -0.25) is 0 Å². The van der Waals surface area contributed by atoms with E-state index in [1.807, 2.05) is 0 Å². The molecule has 0 saturated heterocycles. The van der Waals surface area contributed by atoms with Crippen LogP contribution < -0.4 is 4.74 Å². The number of halogens is 7. The average Bonchev–Trinajstić information content (AvgIpc) is 3.23. The molecule has 32 heavy (non-hydrogen) atoms. The van der Waals surface area contributed by atoms with Crippen LogP contribution in [0.3, 0.4) is 0 Å². The van der Waals surface area contributed by atoms with E-state index in [-0.39, 0.29) is 21.9 Å². The van der Waals surface area contributed by atoms with Crippen LogP contribution in [0, 0.1) is 0 Å². The largest absolute Gasteiger partial charge is 0.494 e. The van der Waals surface area contributed by atoms with E-state index in [2.05, 4.69) is 17.1 Å². The molecule has 0 atom stereocenters. The van der Waals surface area contributed by atoms with Gasteiger partial charge in [0.05, 0.1) is 6.61 Å². The van der Waals surface area contributed by atoms with Crippen LogP contribution in [0.2, 0.25) is 0 Å². The third-order valence-electron chi connectivity index (χ3n) is 4.81. The molecule has 1 aromatic carbocycles. The molecule has 180 valence electrons. The number of aromatic nitrogens is 2. The normalized spacial score (nSPS) is 12.9. The minimum atomic E-state index is -6.42. The molecule has 2 rings (SSSR count). The molecule has 0 unspecified atom stereocenters. The summed E-state index contributed by atoms with van der Waals surface area (Å²) in [5.74, 6) is -11.3. The minimum Gasteiger partial charge on any atom is -0.494 e. The fraction of sp³-hybridized carbons (Fsp3) is 0.619. The Labute approximate surface area is 186 Å². The summed E-state index contributed by atoms with van der Waals surface area (Å²) in [5, 5.41) is 4.32. The van der Waals surface area contributed by atoms with Crippen molar-refractivity contribution in [3.05, 3.63) is 29.3 Å². The van der Waals surface area contributed by atoms with Gasteiger partial charge in [0.1, 0.15) is 10.8 Å². The standard InChI is InChI=1S/C21H25F7N2OS/c1-2-3-4-5-6-7-8-9-14-31-16-12-10-15(11-13-16)17-29-30-18(32-17)19(22,23)20(24,25)21(26,27)28/h10-13H,2-9,14H2,1H3. The number of ether oxygens (including phenoxy) is 1. The van der Waals surface area contributed by atoms with Gasteiger partial charge in [-0.15, -0.1) is 10.2 Å². The lowest BCUT2D eigenvalue weighted by Gasteiger charge is -2.26. The summed E-state index contributed by atoms with van der Waals surface area (Å²) >= 11 is -0.0175. The van der Waals surface area contributed by atoms with Gasteiger partial charge in [0.25, 0.3) is 0 Å². The Hall–Kier alpha value is -1.91. The predicted molar refractivity (Wildman–Crippen MR) is 108 cm³/mol. The predicted octanol–water partition coefficient (Wildman–Crippen LogP) is 8.01. The van der Waals surface area contributed by atoms with Crippen LogP contribution in [0.15, 0.2) is 24.3 Å². The molecule has 1 aromatic heterocycles. The van der Waals surface area contributed by atoms with Crippen molar-refractivity contribution < 1.29 is 35.5 Å². The molecular weight excluding hydrogens is 461 g/mol. The van der Waals surface area contributed by atoms with Crippen molar-refractivity contribution in [2.24, 2.45) is 0 Å². The maximum Gasteiger partial charge on any atom is 0.460 e. The molecule has 3 nitrogen and oxygen atoms in total. The molecule has 0 saturated carbocycles. The molecule has 0 radical (unpaired) electrons. The number of unbranched alkanes of at least 4 members (excludes halogenated alkanes) is 7. The number of hydrogen-bond acceptors (Lipinski definition) is 4. The zero-order valence-corrected chi connectivity index (χ0v) is 18.3. The van der Waals surface area contributed by atoms with Crippen LogP contribution in [0.5, 0.6) is 5.75 Å². The van der Waals surface area contributed by atoms with E-state index in [1.54, 1.807) is 12.1 Å². The topological polar surface area (TPSA) is 35.0 Å². The monoisotopic (exact) mass is 486 g/mol. The number of nitrogens with zero attached hydrogens (tertiary/aromatic N) is 2. The lowest BCUT2D eigenvalue weighted by atomic mass is 10.1. The maximum absolute atomic E-state index is 13.7. The zero-order valence-electron chi connectivity index (χ0n) is 17.5.